The summed E-state index contributed by atoms with van der Waals surface area (Å²) in [4.78, 5) is 39.7. The number of carbonyl (C=O) groups excluding carboxylic acids is 3. The average molecular weight is 413 g/mol. The first-order chi connectivity index (χ1) is 13.7. The smallest absolute Gasteiger partial charge is 0.163 e. The van der Waals surface area contributed by atoms with Gasteiger partial charge in [-0.3, -0.25) is 14.4 Å². The second-order valence-corrected chi connectivity index (χ2v) is 11.9. The first-order valence-corrected chi connectivity index (χ1v) is 10.9. The largest absolute Gasteiger partial charge is 0.512 e. The van der Waals surface area contributed by atoms with Crippen LogP contribution in [0.15, 0.2) is 34.0 Å². The van der Waals surface area contributed by atoms with Crippen LogP contribution in [0, 0.1) is 22.2 Å². The highest BCUT2D eigenvalue weighted by molar-refractivity contribution is 6.10. The molecule has 0 aromatic rings. The molecule has 0 aromatic heterocycles. The van der Waals surface area contributed by atoms with Gasteiger partial charge in [0.2, 0.25) is 0 Å². The monoisotopic (exact) mass is 412 g/mol. The molecular weight excluding hydrogens is 380 g/mol. The molecule has 0 amide bonds. The van der Waals surface area contributed by atoms with Gasteiger partial charge in [0.25, 0.3) is 0 Å². The lowest BCUT2D eigenvalue weighted by atomic mass is 9.63. The van der Waals surface area contributed by atoms with E-state index in [0.29, 0.717) is 54.8 Å². The van der Waals surface area contributed by atoms with Gasteiger partial charge in [0.1, 0.15) is 17.3 Å². The summed E-state index contributed by atoms with van der Waals surface area (Å²) in [5.74, 6) is 0.00915. The van der Waals surface area contributed by atoms with E-state index in [2.05, 4.69) is 0 Å². The SMILES string of the molecule is CC1(C)CC(=O)C(C2C3=C(CC(C)(C)CC3=O)OC3=C2C(=O)CC(C)(C)C3)=C(O)C1. The summed E-state index contributed by atoms with van der Waals surface area (Å²) in [6.45, 7) is 12.0. The molecule has 0 saturated carbocycles. The predicted molar refractivity (Wildman–Crippen MR) is 112 cm³/mol. The van der Waals surface area contributed by atoms with E-state index in [-0.39, 0.29) is 51.3 Å². The van der Waals surface area contributed by atoms with E-state index in [0.717, 1.165) is 0 Å². The molecule has 1 aliphatic heterocycles. The minimum atomic E-state index is -0.792. The molecule has 162 valence electrons. The second-order valence-electron chi connectivity index (χ2n) is 11.9. The summed E-state index contributed by atoms with van der Waals surface area (Å²) in [6.07, 6.45) is 2.46. The van der Waals surface area contributed by atoms with Gasteiger partial charge in [0.05, 0.1) is 5.92 Å². The molecule has 0 spiro atoms. The summed E-state index contributed by atoms with van der Waals surface area (Å²) in [7, 11) is 0. The minimum absolute atomic E-state index is 0.0112. The highest BCUT2D eigenvalue weighted by Crippen LogP contribution is 2.53. The van der Waals surface area contributed by atoms with Crippen LogP contribution in [0.2, 0.25) is 0 Å². The second kappa shape index (κ2) is 6.41. The molecule has 1 N–H and O–H groups in total. The Hall–Kier alpha value is -2.17. The van der Waals surface area contributed by atoms with Crippen molar-refractivity contribution in [2.45, 2.75) is 80.1 Å². The van der Waals surface area contributed by atoms with E-state index in [1.165, 1.54) is 0 Å². The molecule has 0 fully saturated rings. The first kappa shape index (κ1) is 21.1. The van der Waals surface area contributed by atoms with Crippen molar-refractivity contribution in [3.63, 3.8) is 0 Å². The summed E-state index contributed by atoms with van der Waals surface area (Å²) in [6, 6.07) is 0. The maximum absolute atomic E-state index is 13.3. The van der Waals surface area contributed by atoms with Gasteiger partial charge in [-0.05, 0) is 16.2 Å². The van der Waals surface area contributed by atoms with Crippen molar-refractivity contribution in [3.05, 3.63) is 34.0 Å². The number of carbonyl (C=O) groups is 3. The Morgan fingerprint density at radius 2 is 1.00 bits per heavy atom. The van der Waals surface area contributed by atoms with Gasteiger partial charge < -0.3 is 9.84 Å². The molecule has 1 heterocycles. The van der Waals surface area contributed by atoms with Crippen LogP contribution in [-0.4, -0.2) is 22.5 Å². The molecule has 4 aliphatic rings. The van der Waals surface area contributed by atoms with Gasteiger partial charge in [-0.15, -0.1) is 0 Å². The number of Topliss-reactive ketones (excluding diaryl/α,β-unsaturated/α-hetero) is 3. The van der Waals surface area contributed by atoms with Crippen molar-refractivity contribution in [3.8, 4) is 0 Å². The van der Waals surface area contributed by atoms with Crippen LogP contribution in [0.25, 0.3) is 0 Å². The van der Waals surface area contributed by atoms with Crippen molar-refractivity contribution in [2.24, 2.45) is 22.2 Å². The Balaban J connectivity index is 1.94. The molecule has 0 aromatic carbocycles. The standard InChI is InChI=1S/C25H32O5/c1-23(2)7-13(26)19(14(27)8-23)22-20-15(28)9-24(3,4)11-17(20)30-18-12-25(5,6)10-16(29)21(18)22/h22,26H,7-12H2,1-6H3. The Morgan fingerprint density at radius 3 is 1.40 bits per heavy atom. The molecule has 5 heteroatoms. The lowest BCUT2D eigenvalue weighted by Crippen LogP contribution is -2.41. The molecule has 0 bridgehead atoms. The topological polar surface area (TPSA) is 80.7 Å². The van der Waals surface area contributed by atoms with Gasteiger partial charge in [-0.1, -0.05) is 41.5 Å². The number of ether oxygens (including phenoxy) is 1. The Morgan fingerprint density at radius 1 is 0.633 bits per heavy atom. The van der Waals surface area contributed by atoms with E-state index >= 15 is 0 Å². The van der Waals surface area contributed by atoms with Gasteiger partial charge >= 0.3 is 0 Å². The molecule has 4 rings (SSSR count). The quantitative estimate of drug-likeness (QED) is 0.646. The highest BCUT2D eigenvalue weighted by atomic mass is 16.5. The normalized spacial score (nSPS) is 28.4. The molecule has 0 saturated heterocycles. The van der Waals surface area contributed by atoms with Crippen LogP contribution in [0.3, 0.4) is 0 Å². The first-order valence-electron chi connectivity index (χ1n) is 10.9. The van der Waals surface area contributed by atoms with Crippen molar-refractivity contribution >= 4 is 17.3 Å². The third-order valence-electron chi connectivity index (χ3n) is 6.77. The summed E-state index contributed by atoms with van der Waals surface area (Å²) < 4.78 is 6.24. The van der Waals surface area contributed by atoms with Crippen LogP contribution >= 0.6 is 0 Å². The van der Waals surface area contributed by atoms with Crippen molar-refractivity contribution in [1.29, 1.82) is 0 Å². The third kappa shape index (κ3) is 3.46. The predicted octanol–water partition coefficient (Wildman–Crippen LogP) is 5.12. The minimum Gasteiger partial charge on any atom is -0.512 e. The zero-order chi connectivity index (χ0) is 22.2. The molecule has 3 aliphatic carbocycles. The average Bonchev–Trinajstić information content (AvgIpc) is 2.48. The van der Waals surface area contributed by atoms with E-state index in [9.17, 15) is 19.5 Å². The highest BCUT2D eigenvalue weighted by Gasteiger charge is 2.51. The fourth-order valence-electron chi connectivity index (χ4n) is 5.59. The zero-order valence-corrected chi connectivity index (χ0v) is 18.9. The molecule has 0 atom stereocenters. The van der Waals surface area contributed by atoms with Gasteiger partial charge in [-0.2, -0.15) is 0 Å². The molecular formula is C25H32O5. The van der Waals surface area contributed by atoms with Crippen LogP contribution in [0.4, 0.5) is 0 Å². The van der Waals surface area contributed by atoms with Crippen molar-refractivity contribution < 1.29 is 24.2 Å². The van der Waals surface area contributed by atoms with Crippen LogP contribution in [0.5, 0.6) is 0 Å². The Bertz CT molecular complexity index is 893. The van der Waals surface area contributed by atoms with Gasteiger partial charge in [0.15, 0.2) is 17.3 Å². The zero-order valence-electron chi connectivity index (χ0n) is 18.9. The third-order valence-corrected chi connectivity index (χ3v) is 6.77. The number of rotatable bonds is 1. The number of aliphatic hydroxyl groups excluding tert-OH is 1. The lowest BCUT2D eigenvalue weighted by molar-refractivity contribution is -0.121. The maximum Gasteiger partial charge on any atom is 0.163 e. The van der Waals surface area contributed by atoms with Gasteiger partial charge in [-0.25, -0.2) is 0 Å². The number of hydrogen-bond donors (Lipinski definition) is 1. The fourth-order valence-corrected chi connectivity index (χ4v) is 5.59. The summed E-state index contributed by atoms with van der Waals surface area (Å²) in [5.41, 5.74) is 0.218. The molecule has 5 nitrogen and oxygen atoms in total. The van der Waals surface area contributed by atoms with E-state index in [1.807, 2.05) is 41.5 Å². The van der Waals surface area contributed by atoms with Crippen LogP contribution in [0.1, 0.15) is 80.1 Å². The van der Waals surface area contributed by atoms with Crippen LogP contribution in [-0.2, 0) is 19.1 Å². The van der Waals surface area contributed by atoms with E-state index in [1.54, 1.807) is 0 Å². The molecule has 0 unspecified atom stereocenters. The van der Waals surface area contributed by atoms with Crippen molar-refractivity contribution in [2.75, 3.05) is 0 Å². The lowest BCUT2D eigenvalue weighted by Gasteiger charge is -2.44. The Labute approximate surface area is 178 Å². The number of aliphatic hydroxyl groups is 1. The van der Waals surface area contributed by atoms with Crippen molar-refractivity contribution in [1.82, 2.24) is 0 Å². The Kier molecular flexibility index (Phi) is 4.51. The number of hydrogen-bond acceptors (Lipinski definition) is 5. The molecule has 0 radical (unpaired) electrons. The van der Waals surface area contributed by atoms with Crippen LogP contribution < -0.4 is 0 Å². The van der Waals surface area contributed by atoms with Gasteiger partial charge in [0, 0.05) is 55.2 Å². The summed E-state index contributed by atoms with van der Waals surface area (Å²) >= 11 is 0. The number of allylic oxidation sites excluding steroid dienone is 6. The van der Waals surface area contributed by atoms with E-state index < -0.39 is 5.92 Å². The number of ketones is 3. The maximum atomic E-state index is 13.3. The summed E-state index contributed by atoms with van der Waals surface area (Å²) in [5, 5.41) is 10.9. The van der Waals surface area contributed by atoms with E-state index in [4.69, 9.17) is 4.74 Å². The fraction of sp³-hybridized carbons (Fsp3) is 0.640. The molecule has 30 heavy (non-hydrogen) atoms.